The Morgan fingerprint density at radius 1 is 1.42 bits per heavy atom. The first-order valence-electron chi connectivity index (χ1n) is 6.60. The number of nitrogens with one attached hydrogen (secondary N) is 1. The molecule has 1 aromatic heterocycles. The SMILES string of the molecule is CCCNC(c1cccc(C)c1Cl)c1nccn1C. The molecule has 0 saturated heterocycles. The molecule has 0 fully saturated rings. The van der Waals surface area contributed by atoms with Crippen LogP contribution >= 0.6 is 11.6 Å². The van der Waals surface area contributed by atoms with Crippen LogP contribution in [0.1, 0.15) is 36.3 Å². The Bertz CT molecular complexity index is 548. The molecule has 19 heavy (non-hydrogen) atoms. The molecular formula is C15H20ClN3. The predicted octanol–water partition coefficient (Wildman–Crippen LogP) is 3.47. The van der Waals surface area contributed by atoms with Crippen molar-refractivity contribution in [3.8, 4) is 0 Å². The quantitative estimate of drug-likeness (QED) is 0.907. The number of halogens is 1. The highest BCUT2D eigenvalue weighted by atomic mass is 35.5. The standard InChI is InChI=1S/C15H20ClN3/c1-4-8-17-14(15-18-9-10-19(15)3)12-7-5-6-11(2)13(12)16/h5-7,9-10,14,17H,4,8H2,1-3H3. The predicted molar refractivity (Wildman–Crippen MR) is 79.5 cm³/mol. The maximum atomic E-state index is 6.46. The summed E-state index contributed by atoms with van der Waals surface area (Å²) < 4.78 is 2.03. The van der Waals surface area contributed by atoms with Gasteiger partial charge in [-0.05, 0) is 31.0 Å². The molecule has 0 amide bonds. The number of aromatic nitrogens is 2. The van der Waals surface area contributed by atoms with Crippen molar-refractivity contribution in [2.75, 3.05) is 6.54 Å². The van der Waals surface area contributed by atoms with E-state index in [2.05, 4.69) is 23.3 Å². The highest BCUT2D eigenvalue weighted by Crippen LogP contribution is 2.29. The largest absolute Gasteiger partial charge is 0.336 e. The zero-order valence-corrected chi connectivity index (χ0v) is 12.4. The minimum atomic E-state index is 0.0346. The number of hydrogen-bond donors (Lipinski definition) is 1. The van der Waals surface area contributed by atoms with Gasteiger partial charge in [-0.1, -0.05) is 36.7 Å². The van der Waals surface area contributed by atoms with Crippen molar-refractivity contribution in [2.45, 2.75) is 26.3 Å². The topological polar surface area (TPSA) is 29.9 Å². The lowest BCUT2D eigenvalue weighted by atomic mass is 10.0. The van der Waals surface area contributed by atoms with Crippen molar-refractivity contribution in [3.05, 3.63) is 52.6 Å². The molecule has 0 radical (unpaired) electrons. The van der Waals surface area contributed by atoms with Crippen LogP contribution in [0.5, 0.6) is 0 Å². The van der Waals surface area contributed by atoms with E-state index in [-0.39, 0.29) is 6.04 Å². The van der Waals surface area contributed by atoms with Crippen LogP contribution in [0.25, 0.3) is 0 Å². The molecule has 2 rings (SSSR count). The minimum absolute atomic E-state index is 0.0346. The van der Waals surface area contributed by atoms with Crippen LogP contribution in [0, 0.1) is 6.92 Å². The smallest absolute Gasteiger partial charge is 0.130 e. The van der Waals surface area contributed by atoms with Crippen LogP contribution in [0.15, 0.2) is 30.6 Å². The van der Waals surface area contributed by atoms with Crippen LogP contribution in [0.3, 0.4) is 0 Å². The van der Waals surface area contributed by atoms with E-state index in [1.807, 2.05) is 43.1 Å². The third kappa shape index (κ3) is 2.99. The molecule has 102 valence electrons. The first-order chi connectivity index (χ1) is 9.15. The normalized spacial score (nSPS) is 12.6. The third-order valence-electron chi connectivity index (χ3n) is 3.25. The summed E-state index contributed by atoms with van der Waals surface area (Å²) in [4.78, 5) is 4.46. The summed E-state index contributed by atoms with van der Waals surface area (Å²) >= 11 is 6.46. The lowest BCUT2D eigenvalue weighted by Gasteiger charge is -2.20. The molecule has 0 bridgehead atoms. The molecule has 1 heterocycles. The van der Waals surface area contributed by atoms with Gasteiger partial charge in [0.25, 0.3) is 0 Å². The fraction of sp³-hybridized carbons (Fsp3) is 0.400. The summed E-state index contributed by atoms with van der Waals surface area (Å²) in [5, 5.41) is 4.35. The van der Waals surface area contributed by atoms with Gasteiger partial charge in [-0.2, -0.15) is 0 Å². The van der Waals surface area contributed by atoms with Crippen molar-refractivity contribution >= 4 is 11.6 Å². The fourth-order valence-corrected chi connectivity index (χ4v) is 2.41. The van der Waals surface area contributed by atoms with Crippen LogP contribution in [0.4, 0.5) is 0 Å². The molecule has 1 atom stereocenters. The molecule has 0 aliphatic rings. The number of rotatable bonds is 5. The molecule has 2 aromatic rings. The second kappa shape index (κ2) is 6.22. The molecule has 1 unspecified atom stereocenters. The lowest BCUT2D eigenvalue weighted by molar-refractivity contribution is 0.555. The van der Waals surface area contributed by atoms with Gasteiger partial charge in [0, 0.05) is 24.5 Å². The van der Waals surface area contributed by atoms with Gasteiger partial charge in [0.2, 0.25) is 0 Å². The average molecular weight is 278 g/mol. The van der Waals surface area contributed by atoms with E-state index in [1.165, 1.54) is 0 Å². The maximum absolute atomic E-state index is 6.46. The van der Waals surface area contributed by atoms with Gasteiger partial charge in [0.1, 0.15) is 5.82 Å². The minimum Gasteiger partial charge on any atom is -0.336 e. The molecule has 0 aliphatic carbocycles. The lowest BCUT2D eigenvalue weighted by Crippen LogP contribution is -2.26. The van der Waals surface area contributed by atoms with E-state index in [0.717, 1.165) is 34.9 Å². The zero-order valence-electron chi connectivity index (χ0n) is 11.7. The second-order valence-corrected chi connectivity index (χ2v) is 5.14. The van der Waals surface area contributed by atoms with Gasteiger partial charge in [-0.15, -0.1) is 0 Å². The zero-order chi connectivity index (χ0) is 13.8. The molecule has 0 spiro atoms. The van der Waals surface area contributed by atoms with E-state index in [4.69, 9.17) is 11.6 Å². The third-order valence-corrected chi connectivity index (χ3v) is 3.76. The summed E-state index contributed by atoms with van der Waals surface area (Å²) in [7, 11) is 2.01. The number of nitrogens with zero attached hydrogens (tertiary/aromatic N) is 2. The Morgan fingerprint density at radius 3 is 2.84 bits per heavy atom. The molecule has 4 heteroatoms. The molecule has 0 saturated carbocycles. The van der Waals surface area contributed by atoms with Gasteiger partial charge in [-0.3, -0.25) is 0 Å². The van der Waals surface area contributed by atoms with E-state index in [1.54, 1.807) is 0 Å². The molecule has 1 N–H and O–H groups in total. The Hall–Kier alpha value is -1.32. The van der Waals surface area contributed by atoms with Crippen LogP contribution in [-0.2, 0) is 7.05 Å². The fourth-order valence-electron chi connectivity index (χ4n) is 2.18. The summed E-state index contributed by atoms with van der Waals surface area (Å²) in [5.74, 6) is 0.987. The summed E-state index contributed by atoms with van der Waals surface area (Å²) in [6.45, 7) is 5.11. The Kier molecular flexibility index (Phi) is 4.61. The van der Waals surface area contributed by atoms with Gasteiger partial charge in [-0.25, -0.2) is 4.98 Å². The number of aryl methyl sites for hydroxylation is 2. The summed E-state index contributed by atoms with van der Waals surface area (Å²) in [5.41, 5.74) is 2.18. The number of hydrogen-bond acceptors (Lipinski definition) is 2. The van der Waals surface area contributed by atoms with Crippen LogP contribution < -0.4 is 5.32 Å². The van der Waals surface area contributed by atoms with Gasteiger partial charge in [0.15, 0.2) is 0 Å². The number of benzene rings is 1. The Balaban J connectivity index is 2.43. The molecular weight excluding hydrogens is 258 g/mol. The first-order valence-corrected chi connectivity index (χ1v) is 6.98. The monoisotopic (exact) mass is 277 g/mol. The van der Waals surface area contributed by atoms with Crippen molar-refractivity contribution in [1.29, 1.82) is 0 Å². The Labute approximate surface area is 119 Å². The van der Waals surface area contributed by atoms with Crippen molar-refractivity contribution in [3.63, 3.8) is 0 Å². The Morgan fingerprint density at radius 2 is 2.21 bits per heavy atom. The average Bonchev–Trinajstić information content (AvgIpc) is 2.81. The molecule has 3 nitrogen and oxygen atoms in total. The van der Waals surface area contributed by atoms with Crippen molar-refractivity contribution in [1.82, 2.24) is 14.9 Å². The molecule has 0 aliphatic heterocycles. The van der Waals surface area contributed by atoms with Gasteiger partial charge < -0.3 is 9.88 Å². The second-order valence-electron chi connectivity index (χ2n) is 4.76. The van der Waals surface area contributed by atoms with E-state index >= 15 is 0 Å². The summed E-state index contributed by atoms with van der Waals surface area (Å²) in [6, 6.07) is 6.17. The summed E-state index contributed by atoms with van der Waals surface area (Å²) in [6.07, 6.45) is 4.85. The van der Waals surface area contributed by atoms with Crippen molar-refractivity contribution in [2.24, 2.45) is 7.05 Å². The van der Waals surface area contributed by atoms with Crippen LogP contribution in [-0.4, -0.2) is 16.1 Å². The van der Waals surface area contributed by atoms with Crippen LogP contribution in [0.2, 0.25) is 5.02 Å². The van der Waals surface area contributed by atoms with E-state index in [9.17, 15) is 0 Å². The van der Waals surface area contributed by atoms with E-state index in [0.29, 0.717) is 0 Å². The maximum Gasteiger partial charge on any atom is 0.130 e. The molecule has 1 aromatic carbocycles. The number of imidazole rings is 1. The van der Waals surface area contributed by atoms with Crippen molar-refractivity contribution < 1.29 is 0 Å². The highest BCUT2D eigenvalue weighted by molar-refractivity contribution is 6.32. The van der Waals surface area contributed by atoms with Gasteiger partial charge in [0.05, 0.1) is 6.04 Å². The van der Waals surface area contributed by atoms with Gasteiger partial charge >= 0.3 is 0 Å². The van der Waals surface area contributed by atoms with E-state index < -0.39 is 0 Å². The highest BCUT2D eigenvalue weighted by Gasteiger charge is 2.20. The first kappa shape index (κ1) is 14.1.